The van der Waals surface area contributed by atoms with Crippen LogP contribution in [0.25, 0.3) is 0 Å². The van der Waals surface area contributed by atoms with Gasteiger partial charge in [-0.2, -0.15) is 4.98 Å². The lowest BCUT2D eigenvalue weighted by Gasteiger charge is -2.02. The zero-order valence-corrected chi connectivity index (χ0v) is 9.61. The van der Waals surface area contributed by atoms with Crippen molar-refractivity contribution in [1.29, 1.82) is 0 Å². The summed E-state index contributed by atoms with van der Waals surface area (Å²) in [4.78, 5) is 7.80. The van der Waals surface area contributed by atoms with Crippen LogP contribution in [-0.4, -0.2) is 28.7 Å². The van der Waals surface area contributed by atoms with E-state index in [2.05, 4.69) is 19.2 Å². The fourth-order valence-corrected chi connectivity index (χ4v) is 1.76. The zero-order valence-electron chi connectivity index (χ0n) is 7.64. The molecule has 0 aliphatic heterocycles. The minimum Gasteiger partial charge on any atom is -0.383 e. The molecule has 4 N–H and O–H groups in total. The molecule has 78 valence electrons. The molecule has 5 nitrogen and oxygen atoms in total. The van der Waals surface area contributed by atoms with E-state index < -0.39 is 0 Å². The van der Waals surface area contributed by atoms with E-state index in [0.29, 0.717) is 18.8 Å². The van der Waals surface area contributed by atoms with Gasteiger partial charge < -0.3 is 16.2 Å². The monoisotopic (exact) mass is 232 g/mol. The zero-order chi connectivity index (χ0) is 10.4. The van der Waals surface area contributed by atoms with Crippen LogP contribution in [0.4, 0.5) is 11.8 Å². The number of nitrogen functional groups attached to an aromatic ring is 2. The standard InChI is InChI=1S/C7H13N4OPS/c8-5-3-6(11-7(9)10-5)14-2-1-12-4-13/h3H,1-2,4,13H2,(H4,8,9,10,11). The Morgan fingerprint density at radius 1 is 1.43 bits per heavy atom. The van der Waals surface area contributed by atoms with Gasteiger partial charge in [-0.3, -0.25) is 0 Å². The molecular weight excluding hydrogens is 219 g/mol. The number of hydrogen-bond acceptors (Lipinski definition) is 6. The van der Waals surface area contributed by atoms with Gasteiger partial charge in [0.1, 0.15) is 10.8 Å². The normalized spacial score (nSPS) is 10.4. The first-order valence-corrected chi connectivity index (χ1v) is 5.83. The average Bonchev–Trinajstić information content (AvgIpc) is 2.11. The van der Waals surface area contributed by atoms with Gasteiger partial charge in [0.25, 0.3) is 0 Å². The Kier molecular flexibility index (Phi) is 4.93. The highest BCUT2D eigenvalue weighted by Crippen LogP contribution is 2.17. The van der Waals surface area contributed by atoms with Gasteiger partial charge in [-0.1, -0.05) is 0 Å². The predicted octanol–water partition coefficient (Wildman–Crippen LogP) is 0.582. The van der Waals surface area contributed by atoms with Gasteiger partial charge >= 0.3 is 0 Å². The Labute approximate surface area is 89.2 Å². The van der Waals surface area contributed by atoms with Crippen LogP contribution >= 0.6 is 21.0 Å². The smallest absolute Gasteiger partial charge is 0.223 e. The third kappa shape index (κ3) is 4.09. The lowest BCUT2D eigenvalue weighted by Crippen LogP contribution is -2.01. The summed E-state index contributed by atoms with van der Waals surface area (Å²) >= 11 is 1.54. The number of thioether (sulfide) groups is 1. The van der Waals surface area contributed by atoms with Crippen molar-refractivity contribution < 1.29 is 4.74 Å². The van der Waals surface area contributed by atoms with Crippen molar-refractivity contribution >= 4 is 32.8 Å². The minimum absolute atomic E-state index is 0.208. The molecule has 0 aliphatic carbocycles. The van der Waals surface area contributed by atoms with Crippen LogP contribution in [0.1, 0.15) is 0 Å². The molecule has 0 fully saturated rings. The summed E-state index contributed by atoms with van der Waals surface area (Å²) in [5, 5.41) is 0.780. The molecule has 0 aromatic carbocycles. The third-order valence-electron chi connectivity index (χ3n) is 1.34. The molecule has 1 unspecified atom stereocenters. The van der Waals surface area contributed by atoms with Crippen molar-refractivity contribution in [3.05, 3.63) is 6.07 Å². The molecule has 0 aliphatic rings. The quantitative estimate of drug-likeness (QED) is 0.334. The molecule has 1 aromatic heterocycles. The molecule has 1 heterocycles. The van der Waals surface area contributed by atoms with Gasteiger partial charge in [0.15, 0.2) is 0 Å². The van der Waals surface area contributed by atoms with E-state index in [1.165, 1.54) is 0 Å². The van der Waals surface area contributed by atoms with E-state index in [1.54, 1.807) is 17.8 Å². The molecule has 14 heavy (non-hydrogen) atoms. The molecule has 0 bridgehead atoms. The number of hydrogen-bond donors (Lipinski definition) is 2. The summed E-state index contributed by atoms with van der Waals surface area (Å²) in [5.41, 5.74) is 11.0. The highest BCUT2D eigenvalue weighted by atomic mass is 32.2. The van der Waals surface area contributed by atoms with Crippen LogP contribution in [0.2, 0.25) is 0 Å². The summed E-state index contributed by atoms with van der Waals surface area (Å²) < 4.78 is 5.15. The molecule has 0 saturated heterocycles. The first kappa shape index (κ1) is 11.5. The van der Waals surface area contributed by atoms with Crippen LogP contribution in [0.3, 0.4) is 0 Å². The van der Waals surface area contributed by atoms with Crippen LogP contribution in [0.5, 0.6) is 0 Å². The van der Waals surface area contributed by atoms with Crippen LogP contribution in [0.15, 0.2) is 11.1 Å². The van der Waals surface area contributed by atoms with Crippen molar-refractivity contribution in [3.8, 4) is 0 Å². The van der Waals surface area contributed by atoms with Gasteiger partial charge in [-0.05, 0) is 0 Å². The molecule has 1 rings (SSSR count). The van der Waals surface area contributed by atoms with E-state index >= 15 is 0 Å². The highest BCUT2D eigenvalue weighted by molar-refractivity contribution is 7.99. The van der Waals surface area contributed by atoms with E-state index in [0.717, 1.165) is 10.8 Å². The van der Waals surface area contributed by atoms with E-state index in [9.17, 15) is 0 Å². The number of ether oxygens (including phenoxy) is 1. The predicted molar refractivity (Wildman–Crippen MR) is 62.1 cm³/mol. The molecule has 0 saturated carbocycles. The summed E-state index contributed by atoms with van der Waals surface area (Å²) in [6.07, 6.45) is 0.647. The Bertz CT molecular complexity index is 279. The van der Waals surface area contributed by atoms with Gasteiger partial charge in [-0.25, -0.2) is 4.98 Å². The van der Waals surface area contributed by atoms with Crippen LogP contribution in [-0.2, 0) is 4.74 Å². The lowest BCUT2D eigenvalue weighted by molar-refractivity contribution is 0.201. The van der Waals surface area contributed by atoms with Crippen molar-refractivity contribution in [2.24, 2.45) is 0 Å². The Morgan fingerprint density at radius 2 is 2.21 bits per heavy atom. The summed E-state index contributed by atoms with van der Waals surface area (Å²) in [6.45, 7) is 0.679. The highest BCUT2D eigenvalue weighted by Gasteiger charge is 2.00. The molecule has 0 radical (unpaired) electrons. The summed E-state index contributed by atoms with van der Waals surface area (Å²) in [6, 6.07) is 1.70. The molecule has 7 heteroatoms. The minimum atomic E-state index is 0.208. The summed E-state index contributed by atoms with van der Waals surface area (Å²) in [7, 11) is 2.50. The van der Waals surface area contributed by atoms with Gasteiger partial charge in [0.2, 0.25) is 5.95 Å². The number of rotatable bonds is 5. The molecule has 0 spiro atoms. The van der Waals surface area contributed by atoms with Gasteiger partial charge in [-0.15, -0.1) is 21.0 Å². The second-order valence-electron chi connectivity index (χ2n) is 2.41. The van der Waals surface area contributed by atoms with E-state index in [4.69, 9.17) is 16.2 Å². The van der Waals surface area contributed by atoms with Crippen molar-refractivity contribution in [3.63, 3.8) is 0 Å². The third-order valence-corrected chi connectivity index (χ3v) is 2.45. The number of nitrogens with zero attached hydrogens (tertiary/aromatic N) is 2. The van der Waals surface area contributed by atoms with Gasteiger partial charge in [0.05, 0.1) is 13.0 Å². The molecular formula is C7H13N4OPS. The molecule has 1 atom stereocenters. The average molecular weight is 232 g/mol. The SMILES string of the molecule is Nc1cc(SCCOCP)nc(N)n1. The Balaban J connectivity index is 2.42. The lowest BCUT2D eigenvalue weighted by atomic mass is 10.6. The second kappa shape index (κ2) is 6.01. The van der Waals surface area contributed by atoms with Crippen LogP contribution in [0, 0.1) is 0 Å². The maximum atomic E-state index is 5.51. The van der Waals surface area contributed by atoms with E-state index in [-0.39, 0.29) is 5.95 Å². The van der Waals surface area contributed by atoms with Crippen LogP contribution < -0.4 is 11.5 Å². The van der Waals surface area contributed by atoms with E-state index in [1.807, 2.05) is 0 Å². The number of anilines is 2. The second-order valence-corrected chi connectivity index (χ2v) is 3.86. The largest absolute Gasteiger partial charge is 0.383 e. The van der Waals surface area contributed by atoms with Gasteiger partial charge in [0, 0.05) is 11.8 Å². The summed E-state index contributed by atoms with van der Waals surface area (Å²) in [5.74, 6) is 1.43. The number of nitrogens with two attached hydrogens (primary N) is 2. The fraction of sp³-hybridized carbons (Fsp3) is 0.429. The van der Waals surface area contributed by atoms with Crippen molar-refractivity contribution in [1.82, 2.24) is 9.97 Å². The van der Waals surface area contributed by atoms with Crippen molar-refractivity contribution in [2.45, 2.75) is 5.03 Å². The molecule has 1 aromatic rings. The first-order valence-electron chi connectivity index (χ1n) is 4.03. The first-order chi connectivity index (χ1) is 6.72. The van der Waals surface area contributed by atoms with Crippen molar-refractivity contribution in [2.75, 3.05) is 30.2 Å². The topological polar surface area (TPSA) is 87.0 Å². The fourth-order valence-electron chi connectivity index (χ4n) is 0.824. The maximum Gasteiger partial charge on any atom is 0.223 e. The number of aromatic nitrogens is 2. The maximum absolute atomic E-state index is 5.51. The Hall–Kier alpha value is -0.580. The Morgan fingerprint density at radius 3 is 2.86 bits per heavy atom. The molecule has 0 amide bonds.